The van der Waals surface area contributed by atoms with E-state index in [0.717, 1.165) is 11.1 Å². The van der Waals surface area contributed by atoms with Gasteiger partial charge in [0.2, 0.25) is 10.0 Å². The van der Waals surface area contributed by atoms with Crippen molar-refractivity contribution in [2.75, 3.05) is 7.11 Å². The molecular weight excluding hydrogens is 430 g/mol. The third-order valence-electron chi connectivity index (χ3n) is 4.71. The minimum atomic E-state index is -3.70. The summed E-state index contributed by atoms with van der Waals surface area (Å²) < 4.78 is 37.6. The van der Waals surface area contributed by atoms with E-state index >= 15 is 0 Å². The molecule has 8 heteroatoms. The van der Waals surface area contributed by atoms with Gasteiger partial charge >= 0.3 is 11.9 Å². The number of sulfonamides is 1. The number of esters is 2. The number of rotatable bonds is 11. The number of methoxy groups -OCH3 is 1. The van der Waals surface area contributed by atoms with Crippen molar-refractivity contribution in [2.24, 2.45) is 5.92 Å². The van der Waals surface area contributed by atoms with Gasteiger partial charge < -0.3 is 9.47 Å². The van der Waals surface area contributed by atoms with Crippen LogP contribution in [0.15, 0.2) is 71.6 Å². The Morgan fingerprint density at radius 1 is 1.03 bits per heavy atom. The summed E-state index contributed by atoms with van der Waals surface area (Å²) >= 11 is 0. The summed E-state index contributed by atoms with van der Waals surface area (Å²) in [5.74, 6) is -1.63. The maximum atomic E-state index is 12.5. The van der Waals surface area contributed by atoms with E-state index in [9.17, 15) is 18.0 Å². The standard InChI is InChI=1S/C24H29NO6S/c1-18-9-14-22(15-10-18)32(28,29)25-19(2)11-12-21(24(27)30-3)13-16-23(26)31-17-20-7-5-4-6-8-20/h4-12,14-15,19,21,25H,13,16-17H2,1-3H3/b12-11+/t19-,21-/m0/s1. The highest BCUT2D eigenvalue weighted by molar-refractivity contribution is 7.89. The zero-order valence-electron chi connectivity index (χ0n) is 18.5. The van der Waals surface area contributed by atoms with E-state index in [4.69, 9.17) is 9.47 Å². The molecule has 0 unspecified atom stereocenters. The third kappa shape index (κ3) is 8.28. The number of carbonyl (C=O) groups is 2. The SMILES string of the molecule is COC(=O)[C@@H](/C=C/[C@H](C)NS(=O)(=O)c1ccc(C)cc1)CCC(=O)OCc1ccccc1. The molecule has 7 nitrogen and oxygen atoms in total. The Hall–Kier alpha value is -2.97. The summed E-state index contributed by atoms with van der Waals surface area (Å²) in [6, 6.07) is 15.2. The summed E-state index contributed by atoms with van der Waals surface area (Å²) in [6.07, 6.45) is 3.34. The van der Waals surface area contributed by atoms with E-state index in [1.54, 1.807) is 31.2 Å². The molecule has 0 aliphatic carbocycles. The lowest BCUT2D eigenvalue weighted by Crippen LogP contribution is -2.31. The monoisotopic (exact) mass is 459 g/mol. The summed E-state index contributed by atoms with van der Waals surface area (Å²) in [5, 5.41) is 0. The van der Waals surface area contributed by atoms with Gasteiger partial charge in [-0.1, -0.05) is 60.2 Å². The summed E-state index contributed by atoms with van der Waals surface area (Å²) in [7, 11) is -2.44. The van der Waals surface area contributed by atoms with E-state index in [1.807, 2.05) is 37.3 Å². The van der Waals surface area contributed by atoms with Gasteiger partial charge in [0, 0.05) is 12.5 Å². The third-order valence-corrected chi connectivity index (χ3v) is 6.29. The van der Waals surface area contributed by atoms with Crippen molar-refractivity contribution in [2.45, 2.75) is 44.2 Å². The van der Waals surface area contributed by atoms with Crippen LogP contribution in [0.5, 0.6) is 0 Å². The molecule has 2 rings (SSSR count). The Morgan fingerprint density at radius 3 is 2.31 bits per heavy atom. The van der Waals surface area contributed by atoms with Crippen LogP contribution < -0.4 is 4.72 Å². The largest absolute Gasteiger partial charge is 0.469 e. The zero-order valence-corrected chi connectivity index (χ0v) is 19.3. The van der Waals surface area contributed by atoms with Gasteiger partial charge in [0.05, 0.1) is 17.9 Å². The van der Waals surface area contributed by atoms with Crippen molar-refractivity contribution in [3.63, 3.8) is 0 Å². The highest BCUT2D eigenvalue weighted by atomic mass is 32.2. The van der Waals surface area contributed by atoms with E-state index in [2.05, 4.69) is 4.72 Å². The van der Waals surface area contributed by atoms with Crippen LogP contribution >= 0.6 is 0 Å². The van der Waals surface area contributed by atoms with E-state index < -0.39 is 33.9 Å². The number of nitrogens with one attached hydrogen (secondary N) is 1. The predicted octanol–water partition coefficient (Wildman–Crippen LogP) is 3.53. The Morgan fingerprint density at radius 2 is 1.69 bits per heavy atom. The van der Waals surface area contributed by atoms with Crippen molar-refractivity contribution < 1.29 is 27.5 Å². The average molecular weight is 460 g/mol. The molecule has 32 heavy (non-hydrogen) atoms. The van der Waals surface area contributed by atoms with E-state index in [0.29, 0.717) is 0 Å². The van der Waals surface area contributed by atoms with E-state index in [1.165, 1.54) is 19.2 Å². The van der Waals surface area contributed by atoms with Crippen LogP contribution in [0.2, 0.25) is 0 Å². The lowest BCUT2D eigenvalue weighted by Gasteiger charge is -2.13. The highest BCUT2D eigenvalue weighted by Gasteiger charge is 2.20. The van der Waals surface area contributed by atoms with Crippen molar-refractivity contribution >= 4 is 22.0 Å². The number of hydrogen-bond acceptors (Lipinski definition) is 6. The summed E-state index contributed by atoms with van der Waals surface area (Å²) in [5.41, 5.74) is 1.83. The smallest absolute Gasteiger partial charge is 0.312 e. The van der Waals surface area contributed by atoms with Gasteiger partial charge in [-0.05, 0) is 38.0 Å². The van der Waals surface area contributed by atoms with Crippen molar-refractivity contribution in [3.8, 4) is 0 Å². The van der Waals surface area contributed by atoms with Crippen molar-refractivity contribution in [3.05, 3.63) is 77.9 Å². The van der Waals surface area contributed by atoms with Gasteiger partial charge in [0.25, 0.3) is 0 Å². The highest BCUT2D eigenvalue weighted by Crippen LogP contribution is 2.14. The first-order chi connectivity index (χ1) is 15.2. The topological polar surface area (TPSA) is 98.8 Å². The fourth-order valence-corrected chi connectivity index (χ4v) is 4.10. The molecule has 0 radical (unpaired) electrons. The molecule has 0 saturated heterocycles. The summed E-state index contributed by atoms with van der Waals surface area (Å²) in [4.78, 5) is 24.3. The second kappa shape index (κ2) is 12.2. The Labute approximate surface area is 189 Å². The van der Waals surface area contributed by atoms with Crippen molar-refractivity contribution in [1.29, 1.82) is 0 Å². The first-order valence-corrected chi connectivity index (χ1v) is 11.7. The maximum absolute atomic E-state index is 12.5. The molecule has 0 fully saturated rings. The quantitative estimate of drug-likeness (QED) is 0.408. The van der Waals surface area contributed by atoms with Gasteiger partial charge in [-0.2, -0.15) is 0 Å². The molecule has 172 valence electrons. The van der Waals surface area contributed by atoms with Gasteiger partial charge in [-0.3, -0.25) is 9.59 Å². The second-order valence-corrected chi connectivity index (χ2v) is 9.14. The molecule has 0 aliphatic heterocycles. The minimum Gasteiger partial charge on any atom is -0.469 e. The Bertz CT molecular complexity index is 1020. The van der Waals surface area contributed by atoms with Crippen LogP contribution in [-0.4, -0.2) is 33.5 Å². The molecule has 0 heterocycles. The number of ether oxygens (including phenoxy) is 2. The van der Waals surface area contributed by atoms with Crippen LogP contribution in [0, 0.1) is 12.8 Å². The Balaban J connectivity index is 1.91. The van der Waals surface area contributed by atoms with Crippen LogP contribution in [0.25, 0.3) is 0 Å². The molecule has 2 aromatic carbocycles. The number of hydrogen-bond donors (Lipinski definition) is 1. The molecule has 0 bridgehead atoms. The second-order valence-electron chi connectivity index (χ2n) is 7.42. The molecule has 0 aliphatic rings. The first kappa shape index (κ1) is 25.3. The normalized spacial score (nSPS) is 13.5. The van der Waals surface area contributed by atoms with Gasteiger partial charge in [-0.25, -0.2) is 13.1 Å². The predicted molar refractivity (Wildman–Crippen MR) is 121 cm³/mol. The van der Waals surface area contributed by atoms with Crippen LogP contribution in [-0.2, 0) is 35.7 Å². The van der Waals surface area contributed by atoms with E-state index in [-0.39, 0.29) is 24.3 Å². The van der Waals surface area contributed by atoms with Crippen LogP contribution in [0.1, 0.15) is 30.9 Å². The summed E-state index contributed by atoms with van der Waals surface area (Å²) in [6.45, 7) is 3.69. The lowest BCUT2D eigenvalue weighted by atomic mass is 10.0. The fraction of sp³-hybridized carbons (Fsp3) is 0.333. The van der Waals surface area contributed by atoms with Crippen LogP contribution in [0.4, 0.5) is 0 Å². The fourth-order valence-electron chi connectivity index (χ4n) is 2.90. The van der Waals surface area contributed by atoms with Gasteiger partial charge in [0.15, 0.2) is 0 Å². The lowest BCUT2D eigenvalue weighted by molar-refractivity contribution is -0.147. The molecule has 1 N–H and O–H groups in total. The number of benzene rings is 2. The zero-order chi connectivity index (χ0) is 23.6. The maximum Gasteiger partial charge on any atom is 0.312 e. The first-order valence-electron chi connectivity index (χ1n) is 10.3. The molecule has 0 spiro atoms. The number of aryl methyl sites for hydroxylation is 1. The van der Waals surface area contributed by atoms with Gasteiger partial charge in [0.1, 0.15) is 6.61 Å². The molecule has 0 aromatic heterocycles. The Kier molecular flexibility index (Phi) is 9.61. The van der Waals surface area contributed by atoms with Crippen LogP contribution in [0.3, 0.4) is 0 Å². The molecule has 2 atom stereocenters. The molecule has 0 amide bonds. The number of carbonyl (C=O) groups excluding carboxylic acids is 2. The van der Waals surface area contributed by atoms with Gasteiger partial charge in [-0.15, -0.1) is 0 Å². The minimum absolute atomic E-state index is 0.0282. The van der Waals surface area contributed by atoms with Crippen molar-refractivity contribution in [1.82, 2.24) is 4.72 Å². The molecule has 2 aromatic rings. The molecular formula is C24H29NO6S. The average Bonchev–Trinajstić information content (AvgIpc) is 2.78. The molecule has 0 saturated carbocycles.